The van der Waals surface area contributed by atoms with Gasteiger partial charge >= 0.3 is 0 Å². The van der Waals surface area contributed by atoms with Crippen LogP contribution in [-0.2, 0) is 14.6 Å². The zero-order valence-electron chi connectivity index (χ0n) is 11.7. The summed E-state index contributed by atoms with van der Waals surface area (Å²) in [6, 6.07) is 5.67. The summed E-state index contributed by atoms with van der Waals surface area (Å²) in [6.45, 7) is 1.35. The van der Waals surface area contributed by atoms with E-state index in [1.807, 2.05) is 0 Å². The Labute approximate surface area is 140 Å². The Kier molecular flexibility index (Phi) is 7.08. The highest BCUT2D eigenvalue weighted by atomic mass is 35.5. The standard InChI is InChI=1S/C13H17ClN2O4S.ClH/c14-10-1-3-11(4-2-10)21(19,20)8-13(18)16-6-9-5-15-7-12(9)17;/h1-4,9,12,15,17H,5-8H2,(H,16,18);1H. The fraction of sp³-hybridized carbons (Fsp3) is 0.462. The Morgan fingerprint density at radius 2 is 1.95 bits per heavy atom. The van der Waals surface area contributed by atoms with Gasteiger partial charge in [0.2, 0.25) is 5.91 Å². The number of hydrogen-bond donors (Lipinski definition) is 3. The van der Waals surface area contributed by atoms with E-state index in [9.17, 15) is 18.3 Å². The average molecular weight is 369 g/mol. The lowest BCUT2D eigenvalue weighted by Crippen LogP contribution is -2.37. The van der Waals surface area contributed by atoms with Crippen molar-refractivity contribution in [3.63, 3.8) is 0 Å². The van der Waals surface area contributed by atoms with E-state index in [2.05, 4.69) is 10.6 Å². The third-order valence-electron chi connectivity index (χ3n) is 3.36. The van der Waals surface area contributed by atoms with Crippen molar-refractivity contribution in [3.05, 3.63) is 29.3 Å². The zero-order chi connectivity index (χ0) is 15.5. The fourth-order valence-corrected chi connectivity index (χ4v) is 3.41. The van der Waals surface area contributed by atoms with Gasteiger partial charge in [0.15, 0.2) is 9.84 Å². The van der Waals surface area contributed by atoms with E-state index in [0.29, 0.717) is 18.1 Å². The van der Waals surface area contributed by atoms with Gasteiger partial charge in [-0.15, -0.1) is 12.4 Å². The van der Waals surface area contributed by atoms with Crippen LogP contribution in [0.2, 0.25) is 5.02 Å². The lowest BCUT2D eigenvalue weighted by Gasteiger charge is -2.14. The van der Waals surface area contributed by atoms with Gasteiger partial charge in [-0.3, -0.25) is 4.79 Å². The zero-order valence-corrected chi connectivity index (χ0v) is 14.0. The van der Waals surface area contributed by atoms with Gasteiger partial charge in [-0.25, -0.2) is 8.42 Å². The van der Waals surface area contributed by atoms with Crippen molar-refractivity contribution >= 4 is 39.8 Å². The Balaban J connectivity index is 0.00000242. The fourth-order valence-electron chi connectivity index (χ4n) is 2.12. The van der Waals surface area contributed by atoms with Crippen LogP contribution < -0.4 is 10.6 Å². The van der Waals surface area contributed by atoms with Crippen LogP contribution in [0.3, 0.4) is 0 Å². The molecule has 1 aliphatic heterocycles. The van der Waals surface area contributed by atoms with E-state index in [1.165, 1.54) is 24.3 Å². The predicted molar refractivity (Wildman–Crippen MR) is 86.1 cm³/mol. The molecule has 2 rings (SSSR count). The molecule has 0 aromatic heterocycles. The monoisotopic (exact) mass is 368 g/mol. The van der Waals surface area contributed by atoms with Crippen LogP contribution in [0.1, 0.15) is 0 Å². The SMILES string of the molecule is Cl.O=C(CS(=O)(=O)c1ccc(Cl)cc1)NCC1CNCC1O. The maximum absolute atomic E-state index is 12.0. The summed E-state index contributed by atoms with van der Waals surface area (Å²) in [4.78, 5) is 11.8. The lowest BCUT2D eigenvalue weighted by molar-refractivity contribution is -0.118. The number of aliphatic hydroxyl groups is 1. The normalized spacial score (nSPS) is 21.2. The first-order chi connectivity index (χ1) is 9.88. The van der Waals surface area contributed by atoms with Gasteiger partial charge in [0, 0.05) is 30.6 Å². The second-order valence-electron chi connectivity index (χ2n) is 5.00. The third kappa shape index (κ3) is 5.10. The van der Waals surface area contributed by atoms with Crippen LogP contribution in [0.4, 0.5) is 0 Å². The summed E-state index contributed by atoms with van der Waals surface area (Å²) in [7, 11) is -3.68. The molecular weight excluding hydrogens is 351 g/mol. The Morgan fingerprint density at radius 3 is 2.50 bits per heavy atom. The topological polar surface area (TPSA) is 95.5 Å². The highest BCUT2D eigenvalue weighted by Gasteiger charge is 2.26. The highest BCUT2D eigenvalue weighted by molar-refractivity contribution is 7.92. The van der Waals surface area contributed by atoms with E-state index in [4.69, 9.17) is 11.6 Å². The molecule has 2 unspecified atom stereocenters. The van der Waals surface area contributed by atoms with Gasteiger partial charge in [-0.2, -0.15) is 0 Å². The second kappa shape index (κ2) is 8.12. The van der Waals surface area contributed by atoms with Crippen LogP contribution in [0.15, 0.2) is 29.2 Å². The molecular formula is C13H18Cl2N2O4S. The minimum atomic E-state index is -3.68. The molecule has 1 amide bonds. The molecule has 124 valence electrons. The van der Waals surface area contributed by atoms with Crippen LogP contribution in [0, 0.1) is 5.92 Å². The number of carbonyl (C=O) groups is 1. The molecule has 0 aliphatic carbocycles. The van der Waals surface area contributed by atoms with E-state index in [1.54, 1.807) is 0 Å². The number of rotatable bonds is 5. The number of benzene rings is 1. The van der Waals surface area contributed by atoms with Crippen LogP contribution in [0.5, 0.6) is 0 Å². The molecule has 6 nitrogen and oxygen atoms in total. The molecule has 1 aromatic carbocycles. The molecule has 0 spiro atoms. The van der Waals surface area contributed by atoms with Crippen molar-refractivity contribution in [2.45, 2.75) is 11.0 Å². The van der Waals surface area contributed by atoms with Gasteiger partial charge in [-0.1, -0.05) is 11.6 Å². The van der Waals surface area contributed by atoms with E-state index < -0.39 is 27.6 Å². The maximum Gasteiger partial charge on any atom is 0.235 e. The first-order valence-corrected chi connectivity index (χ1v) is 8.55. The number of halogens is 2. The molecule has 0 saturated carbocycles. The molecule has 9 heteroatoms. The van der Waals surface area contributed by atoms with Crippen LogP contribution in [-0.4, -0.2) is 50.9 Å². The molecule has 1 saturated heterocycles. The number of β-amino-alcohol motifs (C(OH)–C–C–N with tert-alkyl or cyclic N) is 1. The number of sulfone groups is 1. The van der Waals surface area contributed by atoms with E-state index in [0.717, 1.165) is 0 Å². The quantitative estimate of drug-likeness (QED) is 0.691. The lowest BCUT2D eigenvalue weighted by atomic mass is 10.1. The van der Waals surface area contributed by atoms with Crippen molar-refractivity contribution in [1.29, 1.82) is 0 Å². The van der Waals surface area contributed by atoms with E-state index in [-0.39, 0.29) is 29.8 Å². The molecule has 1 fully saturated rings. The van der Waals surface area contributed by atoms with Gasteiger partial charge in [0.05, 0.1) is 11.0 Å². The molecule has 2 atom stereocenters. The Hall–Kier alpha value is -0.860. The Bertz CT molecular complexity index is 607. The smallest absolute Gasteiger partial charge is 0.235 e. The number of nitrogens with one attached hydrogen (secondary N) is 2. The average Bonchev–Trinajstić information content (AvgIpc) is 2.82. The van der Waals surface area contributed by atoms with Gasteiger partial charge in [0.1, 0.15) is 5.75 Å². The van der Waals surface area contributed by atoms with Gasteiger partial charge < -0.3 is 15.7 Å². The number of aliphatic hydroxyl groups excluding tert-OH is 1. The molecule has 1 heterocycles. The number of hydrogen-bond acceptors (Lipinski definition) is 5. The van der Waals surface area contributed by atoms with Crippen LogP contribution >= 0.6 is 24.0 Å². The van der Waals surface area contributed by atoms with Gasteiger partial charge in [0.25, 0.3) is 0 Å². The number of carbonyl (C=O) groups excluding carboxylic acids is 1. The van der Waals surface area contributed by atoms with Crippen molar-refractivity contribution in [2.75, 3.05) is 25.4 Å². The van der Waals surface area contributed by atoms with Crippen molar-refractivity contribution < 1.29 is 18.3 Å². The van der Waals surface area contributed by atoms with Crippen molar-refractivity contribution in [1.82, 2.24) is 10.6 Å². The first-order valence-electron chi connectivity index (χ1n) is 6.52. The summed E-state index contributed by atoms with van der Waals surface area (Å²) in [6.07, 6.45) is -0.516. The Morgan fingerprint density at radius 1 is 1.32 bits per heavy atom. The maximum atomic E-state index is 12.0. The second-order valence-corrected chi connectivity index (χ2v) is 7.43. The number of amides is 1. The van der Waals surface area contributed by atoms with E-state index >= 15 is 0 Å². The predicted octanol–water partition coefficient (Wildman–Crippen LogP) is 0.232. The summed E-state index contributed by atoms with van der Waals surface area (Å²) in [5.74, 6) is -1.29. The summed E-state index contributed by atoms with van der Waals surface area (Å²) in [5, 5.41) is 15.6. The van der Waals surface area contributed by atoms with Crippen molar-refractivity contribution in [2.24, 2.45) is 5.92 Å². The minimum Gasteiger partial charge on any atom is -0.391 e. The highest BCUT2D eigenvalue weighted by Crippen LogP contribution is 2.15. The molecule has 0 radical (unpaired) electrons. The summed E-state index contributed by atoms with van der Waals surface area (Å²) in [5.41, 5.74) is 0. The minimum absolute atomic E-state index is 0. The largest absolute Gasteiger partial charge is 0.391 e. The summed E-state index contributed by atoms with van der Waals surface area (Å²) < 4.78 is 24.1. The molecule has 1 aliphatic rings. The third-order valence-corrected chi connectivity index (χ3v) is 5.24. The summed E-state index contributed by atoms with van der Waals surface area (Å²) >= 11 is 5.70. The van der Waals surface area contributed by atoms with Crippen molar-refractivity contribution in [3.8, 4) is 0 Å². The molecule has 3 N–H and O–H groups in total. The van der Waals surface area contributed by atoms with Crippen LogP contribution in [0.25, 0.3) is 0 Å². The van der Waals surface area contributed by atoms with Gasteiger partial charge in [-0.05, 0) is 24.3 Å². The molecule has 0 bridgehead atoms. The first kappa shape index (κ1) is 19.2. The molecule has 22 heavy (non-hydrogen) atoms. The molecule has 1 aromatic rings.